The Balaban J connectivity index is 2.74. The van der Waals surface area contributed by atoms with E-state index in [0.29, 0.717) is 5.92 Å². The van der Waals surface area contributed by atoms with E-state index in [0.717, 1.165) is 0 Å². The van der Waals surface area contributed by atoms with Crippen molar-refractivity contribution in [2.24, 2.45) is 0 Å². The van der Waals surface area contributed by atoms with Gasteiger partial charge in [-0.3, -0.25) is 4.98 Å². The summed E-state index contributed by atoms with van der Waals surface area (Å²) in [5.74, 6) is 0.698. The summed E-state index contributed by atoms with van der Waals surface area (Å²) in [4.78, 5) is 4.10. The zero-order chi connectivity index (χ0) is 8.10. The average molecular weight is 149 g/mol. The molecule has 0 aliphatic rings. The van der Waals surface area contributed by atoms with Crippen molar-refractivity contribution in [3.8, 4) is 0 Å². The van der Waals surface area contributed by atoms with Gasteiger partial charge in [-0.25, -0.2) is 0 Å². The molecule has 60 valence electrons. The zero-order valence-electron chi connectivity index (χ0n) is 7.25. The highest BCUT2D eigenvalue weighted by Gasteiger charge is 2.04. The lowest BCUT2D eigenvalue weighted by Crippen LogP contribution is -1.94. The van der Waals surface area contributed by atoms with Crippen LogP contribution in [0.4, 0.5) is 0 Å². The van der Waals surface area contributed by atoms with Crippen molar-refractivity contribution in [1.29, 1.82) is 0 Å². The average Bonchev–Trinajstić information content (AvgIpc) is 2.09. The number of nitrogens with zero attached hydrogens (tertiary/aromatic N) is 1. The van der Waals surface area contributed by atoms with Crippen LogP contribution in [-0.2, 0) is 0 Å². The summed E-state index contributed by atoms with van der Waals surface area (Å²) in [5, 5.41) is 0. The largest absolute Gasteiger partial charge is 0.264 e. The first kappa shape index (κ1) is 8.25. The normalized spacial score (nSPS) is 10.5. The summed E-state index contributed by atoms with van der Waals surface area (Å²) in [6.45, 7) is 4.45. The van der Waals surface area contributed by atoms with E-state index in [1.807, 2.05) is 18.5 Å². The van der Waals surface area contributed by atoms with Crippen LogP contribution in [0.5, 0.6) is 0 Å². The highest BCUT2D eigenvalue weighted by atomic mass is 14.6. The fourth-order valence-corrected chi connectivity index (χ4v) is 1.38. The van der Waals surface area contributed by atoms with Gasteiger partial charge in [0, 0.05) is 12.4 Å². The van der Waals surface area contributed by atoms with Gasteiger partial charge in [0.2, 0.25) is 0 Å². The first-order valence-corrected chi connectivity index (χ1v) is 4.28. The Kier molecular flexibility index (Phi) is 3.09. The first-order valence-electron chi connectivity index (χ1n) is 4.28. The molecule has 0 aliphatic carbocycles. The molecule has 0 saturated heterocycles. The highest BCUT2D eigenvalue weighted by molar-refractivity contribution is 5.13. The smallest absolute Gasteiger partial charge is 0.0302 e. The molecule has 0 amide bonds. The number of rotatable bonds is 3. The maximum absolute atomic E-state index is 4.10. The van der Waals surface area contributed by atoms with E-state index in [2.05, 4.69) is 24.9 Å². The van der Waals surface area contributed by atoms with Gasteiger partial charge in [-0.2, -0.15) is 0 Å². The fraction of sp³-hybridized carbons (Fsp3) is 0.500. The summed E-state index contributed by atoms with van der Waals surface area (Å²) in [6.07, 6.45) is 6.22. The van der Waals surface area contributed by atoms with Crippen LogP contribution in [0.15, 0.2) is 24.5 Å². The van der Waals surface area contributed by atoms with Crippen LogP contribution in [0, 0.1) is 0 Å². The van der Waals surface area contributed by atoms with Gasteiger partial charge in [0.1, 0.15) is 0 Å². The fourth-order valence-electron chi connectivity index (χ4n) is 1.38. The van der Waals surface area contributed by atoms with Crippen molar-refractivity contribution in [3.05, 3.63) is 30.1 Å². The van der Waals surface area contributed by atoms with E-state index in [1.165, 1.54) is 18.4 Å². The molecule has 1 heteroatoms. The molecule has 1 aromatic heterocycles. The van der Waals surface area contributed by atoms with E-state index >= 15 is 0 Å². The molecule has 0 fully saturated rings. The Morgan fingerprint density at radius 3 is 2.55 bits per heavy atom. The topological polar surface area (TPSA) is 12.9 Å². The third-order valence-electron chi connectivity index (χ3n) is 2.14. The van der Waals surface area contributed by atoms with Gasteiger partial charge in [0.15, 0.2) is 0 Å². The third-order valence-corrected chi connectivity index (χ3v) is 2.14. The summed E-state index contributed by atoms with van der Waals surface area (Å²) in [6, 6.07) is 4.16. The molecule has 0 aromatic carbocycles. The molecule has 0 saturated carbocycles. The molecule has 1 rings (SSSR count). The van der Waals surface area contributed by atoms with Crippen LogP contribution in [0.3, 0.4) is 0 Å². The van der Waals surface area contributed by atoms with Crippen molar-refractivity contribution in [2.45, 2.75) is 32.6 Å². The van der Waals surface area contributed by atoms with Crippen LogP contribution in [0.1, 0.15) is 38.2 Å². The second-order valence-electron chi connectivity index (χ2n) is 2.80. The van der Waals surface area contributed by atoms with E-state index < -0.39 is 0 Å². The minimum absolute atomic E-state index is 0.698. The van der Waals surface area contributed by atoms with Crippen LogP contribution < -0.4 is 0 Å². The van der Waals surface area contributed by atoms with Gasteiger partial charge in [0.05, 0.1) is 0 Å². The Bertz CT molecular complexity index is 189. The molecule has 0 bridgehead atoms. The Hall–Kier alpha value is -0.850. The Morgan fingerprint density at radius 1 is 1.36 bits per heavy atom. The standard InChI is InChI=1S/C10H15N/c1-3-9(4-2)10-6-5-7-11-8-10/h5-9H,3-4H2,1-2H3. The summed E-state index contributed by atoms with van der Waals surface area (Å²) in [7, 11) is 0. The van der Waals surface area contributed by atoms with Gasteiger partial charge in [-0.15, -0.1) is 0 Å². The molecule has 1 nitrogen and oxygen atoms in total. The lowest BCUT2D eigenvalue weighted by Gasteiger charge is -2.10. The van der Waals surface area contributed by atoms with Gasteiger partial charge < -0.3 is 0 Å². The van der Waals surface area contributed by atoms with E-state index in [-0.39, 0.29) is 0 Å². The molecule has 0 atom stereocenters. The van der Waals surface area contributed by atoms with Crippen molar-refractivity contribution in [1.82, 2.24) is 4.98 Å². The quantitative estimate of drug-likeness (QED) is 0.643. The Labute approximate surface area is 68.5 Å². The minimum Gasteiger partial charge on any atom is -0.264 e. The zero-order valence-corrected chi connectivity index (χ0v) is 7.25. The maximum Gasteiger partial charge on any atom is 0.0302 e. The van der Waals surface area contributed by atoms with Crippen molar-refractivity contribution < 1.29 is 0 Å². The van der Waals surface area contributed by atoms with Gasteiger partial charge in [-0.05, 0) is 30.4 Å². The molecular weight excluding hydrogens is 134 g/mol. The second-order valence-corrected chi connectivity index (χ2v) is 2.80. The lowest BCUT2D eigenvalue weighted by molar-refractivity contribution is 0.639. The molecule has 1 heterocycles. The van der Waals surface area contributed by atoms with Crippen molar-refractivity contribution in [3.63, 3.8) is 0 Å². The summed E-state index contributed by atoms with van der Waals surface area (Å²) in [5.41, 5.74) is 1.37. The first-order chi connectivity index (χ1) is 5.38. The number of hydrogen-bond donors (Lipinski definition) is 0. The van der Waals surface area contributed by atoms with Crippen LogP contribution in [0.2, 0.25) is 0 Å². The molecule has 0 radical (unpaired) electrons. The predicted molar refractivity (Wildman–Crippen MR) is 47.6 cm³/mol. The van der Waals surface area contributed by atoms with E-state index in [9.17, 15) is 0 Å². The van der Waals surface area contributed by atoms with Gasteiger partial charge in [-0.1, -0.05) is 19.9 Å². The van der Waals surface area contributed by atoms with Gasteiger partial charge in [0.25, 0.3) is 0 Å². The molecule has 1 aromatic rings. The minimum atomic E-state index is 0.698. The third kappa shape index (κ3) is 2.04. The lowest BCUT2D eigenvalue weighted by atomic mass is 9.96. The van der Waals surface area contributed by atoms with Crippen LogP contribution in [-0.4, -0.2) is 4.98 Å². The van der Waals surface area contributed by atoms with E-state index in [4.69, 9.17) is 0 Å². The molecular formula is C10H15N. The molecule has 0 aliphatic heterocycles. The van der Waals surface area contributed by atoms with Gasteiger partial charge >= 0.3 is 0 Å². The molecule has 0 spiro atoms. The van der Waals surface area contributed by atoms with Crippen LogP contribution >= 0.6 is 0 Å². The second kappa shape index (κ2) is 4.12. The number of aromatic nitrogens is 1. The van der Waals surface area contributed by atoms with Crippen molar-refractivity contribution >= 4 is 0 Å². The monoisotopic (exact) mass is 149 g/mol. The Morgan fingerprint density at radius 2 is 2.09 bits per heavy atom. The number of pyridine rings is 1. The molecule has 11 heavy (non-hydrogen) atoms. The SMILES string of the molecule is CCC(CC)c1cccnc1. The summed E-state index contributed by atoms with van der Waals surface area (Å²) >= 11 is 0. The van der Waals surface area contributed by atoms with Crippen LogP contribution in [0.25, 0.3) is 0 Å². The maximum atomic E-state index is 4.10. The van der Waals surface area contributed by atoms with E-state index in [1.54, 1.807) is 0 Å². The highest BCUT2D eigenvalue weighted by Crippen LogP contribution is 2.20. The summed E-state index contributed by atoms with van der Waals surface area (Å²) < 4.78 is 0. The predicted octanol–water partition coefficient (Wildman–Crippen LogP) is 2.99. The van der Waals surface area contributed by atoms with Crippen molar-refractivity contribution in [2.75, 3.05) is 0 Å². The molecule has 0 unspecified atom stereocenters. The number of hydrogen-bond acceptors (Lipinski definition) is 1. The molecule has 0 N–H and O–H groups in total.